The molecule has 0 saturated heterocycles. The van der Waals surface area contributed by atoms with Gasteiger partial charge in [-0.15, -0.1) is 0 Å². The number of aryl methyl sites for hydroxylation is 3. The van der Waals surface area contributed by atoms with E-state index >= 15 is 0 Å². The van der Waals surface area contributed by atoms with Gasteiger partial charge in [-0.2, -0.15) is 0 Å². The van der Waals surface area contributed by atoms with Crippen molar-refractivity contribution in [3.63, 3.8) is 0 Å². The van der Waals surface area contributed by atoms with Crippen molar-refractivity contribution in [3.05, 3.63) is 95.1 Å². The van der Waals surface area contributed by atoms with Gasteiger partial charge in [-0.3, -0.25) is 13.9 Å². The first kappa shape index (κ1) is 31.3. The van der Waals surface area contributed by atoms with Crippen molar-refractivity contribution in [2.45, 2.75) is 83.2 Å². The van der Waals surface area contributed by atoms with Crippen LogP contribution in [0.1, 0.15) is 61.3 Å². The van der Waals surface area contributed by atoms with Gasteiger partial charge in [-0.25, -0.2) is 8.42 Å². The molecule has 1 unspecified atom stereocenters. The van der Waals surface area contributed by atoms with Gasteiger partial charge in [0.05, 0.1) is 10.6 Å². The molecule has 4 rings (SSSR count). The van der Waals surface area contributed by atoms with Gasteiger partial charge in [-0.1, -0.05) is 73.9 Å². The zero-order valence-corrected chi connectivity index (χ0v) is 26.0. The number of anilines is 1. The van der Waals surface area contributed by atoms with E-state index in [1.54, 1.807) is 41.3 Å². The lowest BCUT2D eigenvalue weighted by Crippen LogP contribution is -2.54. The molecule has 224 valence electrons. The van der Waals surface area contributed by atoms with E-state index in [9.17, 15) is 18.0 Å². The second kappa shape index (κ2) is 14.0. The summed E-state index contributed by atoms with van der Waals surface area (Å²) in [5, 5.41) is 3.16. The zero-order chi connectivity index (χ0) is 30.3. The van der Waals surface area contributed by atoms with Crippen molar-refractivity contribution < 1.29 is 18.0 Å². The van der Waals surface area contributed by atoms with Crippen molar-refractivity contribution in [2.24, 2.45) is 0 Å². The van der Waals surface area contributed by atoms with E-state index in [1.165, 1.54) is 4.31 Å². The van der Waals surface area contributed by atoms with Crippen LogP contribution in [0.4, 0.5) is 5.69 Å². The van der Waals surface area contributed by atoms with Crippen LogP contribution >= 0.6 is 0 Å². The summed E-state index contributed by atoms with van der Waals surface area (Å²) in [6.07, 6.45) is 5.02. The molecule has 3 aromatic carbocycles. The first-order valence-electron chi connectivity index (χ1n) is 14.9. The summed E-state index contributed by atoms with van der Waals surface area (Å²) in [6, 6.07) is 21.3. The average molecular weight is 590 g/mol. The Morgan fingerprint density at radius 1 is 0.905 bits per heavy atom. The number of nitrogens with one attached hydrogen (secondary N) is 1. The minimum Gasteiger partial charge on any atom is -0.352 e. The van der Waals surface area contributed by atoms with E-state index in [1.807, 2.05) is 64.1 Å². The van der Waals surface area contributed by atoms with Crippen molar-refractivity contribution in [1.29, 1.82) is 0 Å². The van der Waals surface area contributed by atoms with Gasteiger partial charge in [0.2, 0.25) is 11.8 Å². The second-order valence-electron chi connectivity index (χ2n) is 11.3. The van der Waals surface area contributed by atoms with E-state index in [4.69, 9.17) is 0 Å². The molecule has 0 aromatic heterocycles. The minimum atomic E-state index is -4.08. The molecule has 7 nitrogen and oxygen atoms in total. The Kier molecular flexibility index (Phi) is 10.4. The van der Waals surface area contributed by atoms with E-state index in [-0.39, 0.29) is 16.8 Å². The fourth-order valence-electron chi connectivity index (χ4n) is 5.51. The van der Waals surface area contributed by atoms with Crippen LogP contribution in [-0.4, -0.2) is 50.3 Å². The maximum absolute atomic E-state index is 14.2. The number of rotatable bonds is 12. The summed E-state index contributed by atoms with van der Waals surface area (Å²) in [7, 11) is -4.08. The number of amides is 2. The molecule has 0 heterocycles. The molecule has 0 radical (unpaired) electrons. The third-order valence-corrected chi connectivity index (χ3v) is 10.0. The predicted octanol–water partition coefficient (Wildman–Crippen LogP) is 5.72. The van der Waals surface area contributed by atoms with Crippen molar-refractivity contribution in [1.82, 2.24) is 10.2 Å². The van der Waals surface area contributed by atoms with Gasteiger partial charge in [0.15, 0.2) is 0 Å². The number of carbonyl (C=O) groups is 2. The fourth-order valence-corrected chi connectivity index (χ4v) is 6.92. The maximum atomic E-state index is 14.2. The summed E-state index contributed by atoms with van der Waals surface area (Å²) in [5.41, 5.74) is 4.34. The molecule has 42 heavy (non-hydrogen) atoms. The predicted molar refractivity (Wildman–Crippen MR) is 168 cm³/mol. The Hall–Kier alpha value is -3.65. The molecule has 0 aliphatic heterocycles. The van der Waals surface area contributed by atoms with Crippen LogP contribution in [0.2, 0.25) is 0 Å². The number of hydrogen-bond donors (Lipinski definition) is 1. The highest BCUT2D eigenvalue weighted by molar-refractivity contribution is 7.92. The molecular formula is C34H43N3O4S. The SMILES string of the molecule is CCC(C(=O)NC1CCCC1)N(CCc1ccccc1)C(=O)CN(c1ccc(C)c(C)c1)S(=O)(=O)c1ccc(C)cc1. The van der Waals surface area contributed by atoms with Crippen molar-refractivity contribution in [2.75, 3.05) is 17.4 Å². The molecule has 0 bridgehead atoms. The standard InChI is InChI=1S/C34H43N3O4S/c1-5-32(34(39)35-29-13-9-10-14-29)36(22-21-28-11-7-6-8-12-28)33(38)24-37(30-18-17-26(3)27(4)23-30)42(40,41)31-19-15-25(2)16-20-31/h6-8,11-12,15-20,23,29,32H,5,9-10,13-14,21-22,24H2,1-4H3,(H,35,39). The van der Waals surface area contributed by atoms with Crippen molar-refractivity contribution >= 4 is 27.5 Å². The van der Waals surface area contributed by atoms with Crippen LogP contribution in [-0.2, 0) is 26.0 Å². The van der Waals surface area contributed by atoms with Gasteiger partial charge in [0.25, 0.3) is 10.0 Å². The third kappa shape index (κ3) is 7.59. The quantitative estimate of drug-likeness (QED) is 0.293. The van der Waals surface area contributed by atoms with Gasteiger partial charge in [0, 0.05) is 12.6 Å². The van der Waals surface area contributed by atoms with Crippen LogP contribution in [0.15, 0.2) is 77.7 Å². The van der Waals surface area contributed by atoms with Gasteiger partial charge in [0.1, 0.15) is 12.6 Å². The molecule has 1 aliphatic rings. The maximum Gasteiger partial charge on any atom is 0.264 e. The molecule has 1 fully saturated rings. The lowest BCUT2D eigenvalue weighted by Gasteiger charge is -2.34. The van der Waals surface area contributed by atoms with Crippen LogP contribution < -0.4 is 9.62 Å². The van der Waals surface area contributed by atoms with Crippen LogP contribution in [0.25, 0.3) is 0 Å². The van der Waals surface area contributed by atoms with E-state index in [0.717, 1.165) is 47.9 Å². The highest BCUT2D eigenvalue weighted by Gasteiger charge is 2.34. The van der Waals surface area contributed by atoms with Crippen molar-refractivity contribution in [3.8, 4) is 0 Å². The first-order valence-corrected chi connectivity index (χ1v) is 16.3. The normalized spacial score (nSPS) is 14.4. The number of nitrogens with zero attached hydrogens (tertiary/aromatic N) is 2. The minimum absolute atomic E-state index is 0.112. The number of benzene rings is 3. The topological polar surface area (TPSA) is 86.8 Å². The zero-order valence-electron chi connectivity index (χ0n) is 25.2. The molecular weight excluding hydrogens is 546 g/mol. The Morgan fingerprint density at radius 3 is 2.19 bits per heavy atom. The Balaban J connectivity index is 1.69. The van der Waals surface area contributed by atoms with Gasteiger partial charge < -0.3 is 10.2 Å². The molecule has 8 heteroatoms. The van der Waals surface area contributed by atoms with Gasteiger partial charge in [-0.05, 0) is 87.4 Å². The fraction of sp³-hybridized carbons (Fsp3) is 0.412. The smallest absolute Gasteiger partial charge is 0.264 e. The average Bonchev–Trinajstić information content (AvgIpc) is 3.49. The first-order chi connectivity index (χ1) is 20.1. The number of sulfonamides is 1. The lowest BCUT2D eigenvalue weighted by atomic mass is 10.1. The summed E-state index contributed by atoms with van der Waals surface area (Å²) in [6.45, 7) is 7.55. The molecule has 0 spiro atoms. The van der Waals surface area contributed by atoms with E-state index in [2.05, 4.69) is 5.32 Å². The lowest BCUT2D eigenvalue weighted by molar-refractivity contribution is -0.139. The van der Waals surface area contributed by atoms with Crippen LogP contribution in [0.3, 0.4) is 0 Å². The largest absolute Gasteiger partial charge is 0.352 e. The third-order valence-electron chi connectivity index (χ3n) is 8.24. The molecule has 3 aromatic rings. The number of hydrogen-bond acceptors (Lipinski definition) is 4. The van der Waals surface area contributed by atoms with E-state index in [0.29, 0.717) is 25.1 Å². The molecule has 1 aliphatic carbocycles. The summed E-state index contributed by atoms with van der Waals surface area (Å²) < 4.78 is 29.3. The van der Waals surface area contributed by atoms with Crippen LogP contribution in [0, 0.1) is 20.8 Å². The van der Waals surface area contributed by atoms with E-state index < -0.39 is 28.5 Å². The Morgan fingerprint density at radius 2 is 1.57 bits per heavy atom. The molecule has 2 amide bonds. The summed E-state index contributed by atoms with van der Waals surface area (Å²) in [5.74, 6) is -0.585. The molecule has 1 atom stereocenters. The molecule has 1 saturated carbocycles. The number of carbonyl (C=O) groups excluding carboxylic acids is 2. The monoisotopic (exact) mass is 589 g/mol. The second-order valence-corrected chi connectivity index (χ2v) is 13.2. The molecule has 1 N–H and O–H groups in total. The summed E-state index contributed by atoms with van der Waals surface area (Å²) in [4.78, 5) is 29.4. The van der Waals surface area contributed by atoms with Crippen LogP contribution in [0.5, 0.6) is 0 Å². The Bertz CT molecular complexity index is 1470. The Labute approximate surface area is 251 Å². The summed E-state index contributed by atoms with van der Waals surface area (Å²) >= 11 is 0. The highest BCUT2D eigenvalue weighted by Crippen LogP contribution is 2.27. The van der Waals surface area contributed by atoms with Gasteiger partial charge >= 0.3 is 0 Å². The highest BCUT2D eigenvalue weighted by atomic mass is 32.2.